The van der Waals surface area contributed by atoms with Gasteiger partial charge in [0.15, 0.2) is 8.32 Å². The molecule has 1 fully saturated rings. The molecule has 2 aliphatic carbocycles. The van der Waals surface area contributed by atoms with Gasteiger partial charge in [0, 0.05) is 13.2 Å². The molecule has 35 heavy (non-hydrogen) atoms. The van der Waals surface area contributed by atoms with Gasteiger partial charge < -0.3 is 14.3 Å². The predicted molar refractivity (Wildman–Crippen MR) is 147 cm³/mol. The standard InChI is InChI=1S/C31H46O3Si/c1-30(2,3)35(5,6)34-19-17-29-28-14-12-24-20-25(33-21-23-10-8-7-9-11-23)13-15-26(24)27(28)16-18-31(29,4)22-32/h7-11,13,15,20,27-29,32H,12,14,16-19,21-22H2,1-6H3/t27-,28-,29+,31-/m1/s1. The number of aliphatic hydroxyl groups excluding tert-OH is 1. The molecule has 0 amide bonds. The molecule has 3 nitrogen and oxygen atoms in total. The van der Waals surface area contributed by atoms with Crippen molar-refractivity contribution in [1.29, 1.82) is 0 Å². The Morgan fingerprint density at radius 3 is 2.49 bits per heavy atom. The molecule has 0 bridgehead atoms. The molecule has 0 heterocycles. The van der Waals surface area contributed by atoms with Gasteiger partial charge in [-0.05, 0) is 102 Å². The van der Waals surface area contributed by atoms with E-state index in [2.05, 4.69) is 83.3 Å². The van der Waals surface area contributed by atoms with Crippen molar-refractivity contribution >= 4 is 8.32 Å². The molecule has 1 saturated carbocycles. The molecular weight excluding hydrogens is 448 g/mol. The van der Waals surface area contributed by atoms with Crippen molar-refractivity contribution in [1.82, 2.24) is 0 Å². The molecular formula is C31H46O3Si. The van der Waals surface area contributed by atoms with E-state index in [9.17, 15) is 5.11 Å². The van der Waals surface area contributed by atoms with Crippen LogP contribution in [0.1, 0.15) is 76.0 Å². The third kappa shape index (κ3) is 5.70. The van der Waals surface area contributed by atoms with Crippen molar-refractivity contribution in [2.24, 2.45) is 17.3 Å². The van der Waals surface area contributed by atoms with Crippen molar-refractivity contribution in [3.05, 3.63) is 65.2 Å². The summed E-state index contributed by atoms with van der Waals surface area (Å²) >= 11 is 0. The van der Waals surface area contributed by atoms with Crippen LogP contribution < -0.4 is 4.74 Å². The molecule has 2 aromatic carbocycles. The quantitative estimate of drug-likeness (QED) is 0.382. The number of hydrogen-bond acceptors (Lipinski definition) is 3. The van der Waals surface area contributed by atoms with Crippen LogP contribution in [0.2, 0.25) is 18.1 Å². The molecule has 2 aliphatic rings. The highest BCUT2D eigenvalue weighted by Gasteiger charge is 2.48. The van der Waals surface area contributed by atoms with E-state index in [1.807, 2.05) is 6.07 Å². The summed E-state index contributed by atoms with van der Waals surface area (Å²) in [6, 6.07) is 17.2. The van der Waals surface area contributed by atoms with Crippen molar-refractivity contribution in [3.63, 3.8) is 0 Å². The van der Waals surface area contributed by atoms with E-state index in [1.54, 1.807) is 0 Å². The summed E-state index contributed by atoms with van der Waals surface area (Å²) in [6.45, 7) is 15.6. The zero-order chi connectivity index (χ0) is 25.3. The minimum absolute atomic E-state index is 0.00576. The number of rotatable bonds is 8. The van der Waals surface area contributed by atoms with Gasteiger partial charge in [0.05, 0.1) is 0 Å². The van der Waals surface area contributed by atoms with E-state index >= 15 is 0 Å². The summed E-state index contributed by atoms with van der Waals surface area (Å²) < 4.78 is 12.7. The van der Waals surface area contributed by atoms with E-state index in [0.717, 1.165) is 31.6 Å². The summed E-state index contributed by atoms with van der Waals surface area (Å²) in [5, 5.41) is 10.7. The van der Waals surface area contributed by atoms with Gasteiger partial charge in [0.25, 0.3) is 0 Å². The Labute approximate surface area is 214 Å². The average molecular weight is 495 g/mol. The lowest BCUT2D eigenvalue weighted by atomic mass is 9.54. The van der Waals surface area contributed by atoms with Gasteiger partial charge in [-0.25, -0.2) is 0 Å². The maximum absolute atomic E-state index is 10.4. The van der Waals surface area contributed by atoms with Crippen LogP contribution in [0.5, 0.6) is 5.75 Å². The predicted octanol–water partition coefficient (Wildman–Crippen LogP) is 7.73. The molecule has 0 aliphatic heterocycles. The van der Waals surface area contributed by atoms with Crippen molar-refractivity contribution in [2.45, 2.75) is 90.5 Å². The average Bonchev–Trinajstić information content (AvgIpc) is 2.83. The molecule has 1 N–H and O–H groups in total. The fourth-order valence-corrected chi connectivity index (χ4v) is 7.26. The van der Waals surface area contributed by atoms with Crippen LogP contribution in [0.15, 0.2) is 48.5 Å². The monoisotopic (exact) mass is 494 g/mol. The topological polar surface area (TPSA) is 38.7 Å². The van der Waals surface area contributed by atoms with Crippen molar-refractivity contribution in [3.8, 4) is 5.75 Å². The Kier molecular flexibility index (Phi) is 7.85. The highest BCUT2D eigenvalue weighted by molar-refractivity contribution is 6.74. The molecule has 0 radical (unpaired) electrons. The Morgan fingerprint density at radius 1 is 1.06 bits per heavy atom. The second kappa shape index (κ2) is 10.4. The van der Waals surface area contributed by atoms with Gasteiger partial charge in [-0.2, -0.15) is 0 Å². The van der Waals surface area contributed by atoms with Crippen LogP contribution in [-0.2, 0) is 17.5 Å². The van der Waals surface area contributed by atoms with Crippen LogP contribution in [0, 0.1) is 17.3 Å². The third-order valence-corrected chi connectivity index (χ3v) is 14.1. The van der Waals surface area contributed by atoms with Gasteiger partial charge in [-0.1, -0.05) is 64.1 Å². The van der Waals surface area contributed by atoms with Gasteiger partial charge in [-0.3, -0.25) is 0 Å². The number of aryl methyl sites for hydroxylation is 1. The second-order valence-corrected chi connectivity index (χ2v) is 17.6. The maximum atomic E-state index is 10.4. The summed E-state index contributed by atoms with van der Waals surface area (Å²) in [4.78, 5) is 0. The molecule has 4 atom stereocenters. The summed E-state index contributed by atoms with van der Waals surface area (Å²) in [5.74, 6) is 2.67. The maximum Gasteiger partial charge on any atom is 0.191 e. The van der Waals surface area contributed by atoms with Gasteiger partial charge in [-0.15, -0.1) is 0 Å². The first kappa shape index (κ1) is 26.4. The van der Waals surface area contributed by atoms with Crippen molar-refractivity contribution in [2.75, 3.05) is 13.2 Å². The number of hydrogen-bond donors (Lipinski definition) is 1. The number of benzene rings is 2. The van der Waals surface area contributed by atoms with Gasteiger partial charge >= 0.3 is 0 Å². The lowest BCUT2D eigenvalue weighted by Gasteiger charge is -2.52. The van der Waals surface area contributed by atoms with Crippen LogP contribution in [0.3, 0.4) is 0 Å². The van der Waals surface area contributed by atoms with Crippen LogP contribution in [-0.4, -0.2) is 26.6 Å². The van der Waals surface area contributed by atoms with E-state index in [4.69, 9.17) is 9.16 Å². The van der Waals surface area contributed by atoms with E-state index in [1.165, 1.54) is 29.5 Å². The van der Waals surface area contributed by atoms with Gasteiger partial charge in [0.2, 0.25) is 0 Å². The highest BCUT2D eigenvalue weighted by Crippen LogP contribution is 2.56. The first-order valence-electron chi connectivity index (χ1n) is 13.6. The molecule has 192 valence electrons. The second-order valence-electron chi connectivity index (χ2n) is 12.8. The summed E-state index contributed by atoms with van der Waals surface area (Å²) in [7, 11) is -1.76. The number of aliphatic hydroxyl groups is 1. The Balaban J connectivity index is 1.47. The molecule has 0 spiro atoms. The lowest BCUT2D eigenvalue weighted by molar-refractivity contribution is -0.0236. The van der Waals surface area contributed by atoms with Crippen LogP contribution in [0.4, 0.5) is 0 Å². The first-order chi connectivity index (χ1) is 16.5. The lowest BCUT2D eigenvalue weighted by Crippen LogP contribution is -2.46. The highest BCUT2D eigenvalue weighted by atomic mass is 28.4. The SMILES string of the molecule is CC(C)(C)[Si](C)(C)OCC[C@H]1[C@@H]2CCc3cc(OCc4ccccc4)ccc3[C@H]2CC[C@]1(C)CO. The van der Waals surface area contributed by atoms with Gasteiger partial charge in [0.1, 0.15) is 12.4 Å². The molecule has 2 aromatic rings. The fraction of sp³-hybridized carbons (Fsp3) is 0.613. The normalized spacial score (nSPS) is 26.7. The summed E-state index contributed by atoms with van der Waals surface area (Å²) in [5.41, 5.74) is 4.17. The Morgan fingerprint density at radius 2 is 1.80 bits per heavy atom. The first-order valence-corrected chi connectivity index (χ1v) is 16.5. The Hall–Kier alpha value is -1.62. The largest absolute Gasteiger partial charge is 0.489 e. The zero-order valence-electron chi connectivity index (χ0n) is 22.8. The molecule has 4 rings (SSSR count). The molecule has 4 heteroatoms. The molecule has 0 saturated heterocycles. The fourth-order valence-electron chi connectivity index (χ4n) is 6.20. The third-order valence-electron chi connectivity index (χ3n) is 9.52. The number of fused-ring (bicyclic) bond motifs is 3. The zero-order valence-corrected chi connectivity index (χ0v) is 23.8. The molecule has 0 unspecified atom stereocenters. The minimum Gasteiger partial charge on any atom is -0.489 e. The Bertz CT molecular complexity index is 980. The van der Waals surface area contributed by atoms with Crippen molar-refractivity contribution < 1.29 is 14.3 Å². The summed E-state index contributed by atoms with van der Waals surface area (Å²) in [6.07, 6.45) is 5.60. The van der Waals surface area contributed by atoms with E-state index < -0.39 is 8.32 Å². The number of ether oxygens (including phenoxy) is 1. The molecule has 0 aromatic heterocycles. The van der Waals surface area contributed by atoms with Crippen LogP contribution >= 0.6 is 0 Å². The van der Waals surface area contributed by atoms with Crippen LogP contribution in [0.25, 0.3) is 0 Å². The smallest absolute Gasteiger partial charge is 0.191 e. The minimum atomic E-state index is -1.76. The van der Waals surface area contributed by atoms with E-state index in [0.29, 0.717) is 24.4 Å². The van der Waals surface area contributed by atoms with E-state index in [-0.39, 0.29) is 17.1 Å².